The molecular weight excluding hydrogens is 256 g/mol. The van der Waals surface area contributed by atoms with Crippen LogP contribution >= 0.6 is 11.6 Å². The number of rotatable bonds is 7. The van der Waals surface area contributed by atoms with Gasteiger partial charge in [-0.2, -0.15) is 0 Å². The number of aliphatic hydroxyl groups is 1. The molecule has 0 bridgehead atoms. The number of benzene rings is 1. The Balaban J connectivity index is 2.45. The minimum absolute atomic E-state index is 0.0649. The van der Waals surface area contributed by atoms with Gasteiger partial charge in [0, 0.05) is 5.56 Å². The molecule has 1 unspecified atom stereocenters. The summed E-state index contributed by atoms with van der Waals surface area (Å²) in [6.45, 7) is 4.08. The van der Waals surface area contributed by atoms with Gasteiger partial charge in [0.15, 0.2) is 0 Å². The number of ether oxygens (including phenoxy) is 2. The zero-order chi connectivity index (χ0) is 13.5. The molecule has 0 radical (unpaired) electrons. The first-order chi connectivity index (χ1) is 8.52. The Morgan fingerprint density at radius 2 is 2.11 bits per heavy atom. The van der Waals surface area contributed by atoms with Crippen molar-refractivity contribution in [1.29, 1.82) is 0 Å². The standard InChI is InChI=1S/C13H17ClO4/c1-9(2)17-7-11(16)8-18-13-4-3-10(6-15)5-12(13)14/h3-6,9,11,16H,7-8H2,1-2H3. The van der Waals surface area contributed by atoms with E-state index in [1.807, 2.05) is 13.8 Å². The van der Waals surface area contributed by atoms with E-state index in [-0.39, 0.29) is 19.3 Å². The molecule has 0 saturated heterocycles. The van der Waals surface area contributed by atoms with E-state index in [9.17, 15) is 9.90 Å². The zero-order valence-electron chi connectivity index (χ0n) is 10.4. The number of carbonyl (C=O) groups excluding carboxylic acids is 1. The molecule has 0 fully saturated rings. The van der Waals surface area contributed by atoms with Crippen LogP contribution in [0.15, 0.2) is 18.2 Å². The molecule has 1 rings (SSSR count). The first kappa shape index (κ1) is 15.0. The molecule has 0 amide bonds. The van der Waals surface area contributed by atoms with Crippen LogP contribution < -0.4 is 4.74 Å². The summed E-state index contributed by atoms with van der Waals surface area (Å²) < 4.78 is 10.6. The molecule has 18 heavy (non-hydrogen) atoms. The molecule has 4 nitrogen and oxygen atoms in total. The monoisotopic (exact) mass is 272 g/mol. The average Bonchev–Trinajstić information content (AvgIpc) is 2.34. The minimum Gasteiger partial charge on any atom is -0.489 e. The average molecular weight is 273 g/mol. The Morgan fingerprint density at radius 1 is 1.39 bits per heavy atom. The fourth-order valence-electron chi connectivity index (χ4n) is 1.25. The van der Waals surface area contributed by atoms with Crippen LogP contribution in [-0.4, -0.2) is 36.8 Å². The summed E-state index contributed by atoms with van der Waals surface area (Å²) in [6, 6.07) is 4.72. The van der Waals surface area contributed by atoms with E-state index >= 15 is 0 Å². The lowest BCUT2D eigenvalue weighted by molar-refractivity contribution is -0.0122. The van der Waals surface area contributed by atoms with E-state index in [0.29, 0.717) is 22.6 Å². The van der Waals surface area contributed by atoms with Crippen molar-refractivity contribution in [3.8, 4) is 5.75 Å². The maximum absolute atomic E-state index is 10.5. The third-order valence-corrected chi connectivity index (χ3v) is 2.44. The number of carbonyl (C=O) groups is 1. The summed E-state index contributed by atoms with van der Waals surface area (Å²) in [4.78, 5) is 10.5. The lowest BCUT2D eigenvalue weighted by Gasteiger charge is -2.15. The molecule has 0 spiro atoms. The summed E-state index contributed by atoms with van der Waals surface area (Å²) in [7, 11) is 0. The number of hydrogen-bond acceptors (Lipinski definition) is 4. The number of hydrogen-bond donors (Lipinski definition) is 1. The first-order valence-corrected chi connectivity index (χ1v) is 6.08. The van der Waals surface area contributed by atoms with Crippen LogP contribution in [0, 0.1) is 0 Å². The van der Waals surface area contributed by atoms with E-state index in [1.165, 1.54) is 6.07 Å². The summed E-state index contributed by atoms with van der Waals surface area (Å²) in [5, 5.41) is 9.95. The van der Waals surface area contributed by atoms with Crippen molar-refractivity contribution < 1.29 is 19.4 Å². The molecular formula is C13H17ClO4. The maximum Gasteiger partial charge on any atom is 0.150 e. The lowest BCUT2D eigenvalue weighted by atomic mass is 10.2. The zero-order valence-corrected chi connectivity index (χ0v) is 11.2. The van der Waals surface area contributed by atoms with Gasteiger partial charge in [0.1, 0.15) is 24.7 Å². The van der Waals surface area contributed by atoms with Crippen molar-refractivity contribution in [2.24, 2.45) is 0 Å². The summed E-state index contributed by atoms with van der Waals surface area (Å²) in [5.74, 6) is 0.436. The molecule has 0 aliphatic carbocycles. The van der Waals surface area contributed by atoms with Crippen molar-refractivity contribution in [2.45, 2.75) is 26.1 Å². The predicted molar refractivity (Wildman–Crippen MR) is 69.4 cm³/mol. The Bertz CT molecular complexity index is 393. The van der Waals surface area contributed by atoms with Crippen molar-refractivity contribution in [3.63, 3.8) is 0 Å². The SMILES string of the molecule is CC(C)OCC(O)COc1ccc(C=O)cc1Cl. The largest absolute Gasteiger partial charge is 0.489 e. The van der Waals surface area contributed by atoms with Crippen LogP contribution in [0.25, 0.3) is 0 Å². The molecule has 0 saturated carbocycles. The Hall–Kier alpha value is -1.10. The smallest absolute Gasteiger partial charge is 0.150 e. The van der Waals surface area contributed by atoms with Gasteiger partial charge in [0.25, 0.3) is 0 Å². The van der Waals surface area contributed by atoms with Gasteiger partial charge in [0.2, 0.25) is 0 Å². The van der Waals surface area contributed by atoms with Crippen LogP contribution in [0.1, 0.15) is 24.2 Å². The highest BCUT2D eigenvalue weighted by Gasteiger charge is 2.09. The lowest BCUT2D eigenvalue weighted by Crippen LogP contribution is -2.25. The number of halogens is 1. The molecule has 1 aromatic rings. The van der Waals surface area contributed by atoms with E-state index in [0.717, 1.165) is 0 Å². The third-order valence-electron chi connectivity index (χ3n) is 2.15. The van der Waals surface area contributed by atoms with E-state index < -0.39 is 6.10 Å². The van der Waals surface area contributed by atoms with Crippen LogP contribution in [0.4, 0.5) is 0 Å². The highest BCUT2D eigenvalue weighted by molar-refractivity contribution is 6.32. The Labute approximate surface area is 111 Å². The molecule has 0 aliphatic rings. The topological polar surface area (TPSA) is 55.8 Å². The molecule has 0 heterocycles. The van der Waals surface area contributed by atoms with E-state index in [4.69, 9.17) is 21.1 Å². The second kappa shape index (κ2) is 7.36. The predicted octanol–water partition coefficient (Wildman–Crippen LogP) is 2.32. The highest BCUT2D eigenvalue weighted by atomic mass is 35.5. The second-order valence-electron chi connectivity index (χ2n) is 4.15. The van der Waals surface area contributed by atoms with Crippen molar-refractivity contribution in [3.05, 3.63) is 28.8 Å². The molecule has 5 heteroatoms. The highest BCUT2D eigenvalue weighted by Crippen LogP contribution is 2.24. The van der Waals surface area contributed by atoms with Crippen molar-refractivity contribution in [1.82, 2.24) is 0 Å². The fraction of sp³-hybridized carbons (Fsp3) is 0.462. The van der Waals surface area contributed by atoms with Crippen LogP contribution in [0.2, 0.25) is 5.02 Å². The molecule has 1 atom stereocenters. The van der Waals surface area contributed by atoms with Gasteiger partial charge in [-0.05, 0) is 32.0 Å². The molecule has 1 aromatic carbocycles. The van der Waals surface area contributed by atoms with Gasteiger partial charge in [-0.15, -0.1) is 0 Å². The summed E-state index contributed by atoms with van der Waals surface area (Å²) >= 11 is 5.92. The van der Waals surface area contributed by atoms with Crippen molar-refractivity contribution >= 4 is 17.9 Å². The number of aliphatic hydroxyl groups excluding tert-OH is 1. The van der Waals surface area contributed by atoms with Gasteiger partial charge < -0.3 is 14.6 Å². The Morgan fingerprint density at radius 3 is 2.67 bits per heavy atom. The van der Waals surface area contributed by atoms with Gasteiger partial charge in [0.05, 0.1) is 17.7 Å². The minimum atomic E-state index is -0.714. The van der Waals surface area contributed by atoms with E-state index in [1.54, 1.807) is 12.1 Å². The van der Waals surface area contributed by atoms with Gasteiger partial charge >= 0.3 is 0 Å². The third kappa shape index (κ3) is 5.04. The van der Waals surface area contributed by atoms with E-state index in [2.05, 4.69) is 0 Å². The molecule has 1 N–H and O–H groups in total. The van der Waals surface area contributed by atoms with Crippen LogP contribution in [0.5, 0.6) is 5.75 Å². The van der Waals surface area contributed by atoms with Gasteiger partial charge in [-0.25, -0.2) is 0 Å². The van der Waals surface area contributed by atoms with Crippen molar-refractivity contribution in [2.75, 3.05) is 13.2 Å². The number of aldehydes is 1. The second-order valence-corrected chi connectivity index (χ2v) is 4.56. The van der Waals surface area contributed by atoms with Crippen LogP contribution in [0.3, 0.4) is 0 Å². The summed E-state index contributed by atoms with van der Waals surface area (Å²) in [5.41, 5.74) is 0.482. The summed E-state index contributed by atoms with van der Waals surface area (Å²) in [6.07, 6.45) is 0.0605. The first-order valence-electron chi connectivity index (χ1n) is 5.70. The molecule has 0 aliphatic heterocycles. The van der Waals surface area contributed by atoms with Gasteiger partial charge in [-0.3, -0.25) is 4.79 Å². The molecule has 100 valence electrons. The maximum atomic E-state index is 10.5. The van der Waals surface area contributed by atoms with Crippen LogP contribution in [-0.2, 0) is 4.74 Å². The van der Waals surface area contributed by atoms with Gasteiger partial charge in [-0.1, -0.05) is 11.6 Å². The normalized spacial score (nSPS) is 12.5. The quantitative estimate of drug-likeness (QED) is 0.774. The Kier molecular flexibility index (Phi) is 6.12. The fourth-order valence-corrected chi connectivity index (χ4v) is 1.49. The molecule has 0 aromatic heterocycles.